The van der Waals surface area contributed by atoms with Gasteiger partial charge in [-0.25, -0.2) is 9.59 Å². The van der Waals surface area contributed by atoms with Crippen LogP contribution in [0.4, 0.5) is 0 Å². The minimum atomic E-state index is -1.36. The third-order valence-electron chi connectivity index (χ3n) is 3.57. The Morgan fingerprint density at radius 2 is 2.17 bits per heavy atom. The average molecular weight is 337 g/mol. The molecule has 0 aromatic carbocycles. The molecule has 0 radical (unpaired) electrons. The third kappa shape index (κ3) is 2.71. The van der Waals surface area contributed by atoms with E-state index in [2.05, 4.69) is 10.2 Å². The lowest BCUT2D eigenvalue weighted by Crippen LogP contribution is -2.59. The highest BCUT2D eigenvalue weighted by Gasteiger charge is 2.37. The van der Waals surface area contributed by atoms with Crippen molar-refractivity contribution in [2.45, 2.75) is 13.1 Å². The first-order valence-electron chi connectivity index (χ1n) is 7.32. The highest BCUT2D eigenvalue weighted by atomic mass is 16.6. The van der Waals surface area contributed by atoms with Crippen molar-refractivity contribution in [1.82, 2.24) is 9.58 Å². The number of rotatable bonds is 2. The molecule has 1 atom stereocenters. The first-order chi connectivity index (χ1) is 11.5. The van der Waals surface area contributed by atoms with Crippen LogP contribution in [0.5, 0.6) is 5.75 Å². The Balaban J connectivity index is 1.97. The van der Waals surface area contributed by atoms with Crippen LogP contribution < -0.4 is 15.6 Å². The zero-order valence-corrected chi connectivity index (χ0v) is 12.8. The maximum absolute atomic E-state index is 12.7. The molecule has 1 fully saturated rings. The predicted molar refractivity (Wildman–Crippen MR) is 78.0 cm³/mol. The Hall–Kier alpha value is -2.88. The van der Waals surface area contributed by atoms with Gasteiger partial charge in [0.2, 0.25) is 11.2 Å². The van der Waals surface area contributed by atoms with Crippen LogP contribution >= 0.6 is 0 Å². The summed E-state index contributed by atoms with van der Waals surface area (Å²) in [5.74, 6) is -3.61. The number of nitrogens with zero attached hydrogens (tertiary/aromatic N) is 2. The van der Waals surface area contributed by atoms with E-state index in [-0.39, 0.29) is 18.9 Å². The molecule has 3 rings (SSSR count). The molecule has 2 aliphatic rings. The Bertz CT molecular complexity index is 757. The highest BCUT2D eigenvalue weighted by molar-refractivity contribution is 6.30. The first-order valence-corrected chi connectivity index (χ1v) is 7.32. The second-order valence-corrected chi connectivity index (χ2v) is 5.06. The smallest absolute Gasteiger partial charge is 0.423 e. The molecule has 1 saturated heterocycles. The monoisotopic (exact) mass is 337 g/mol. The number of carbonyl (C=O) groups is 3. The van der Waals surface area contributed by atoms with E-state index in [9.17, 15) is 19.2 Å². The third-order valence-corrected chi connectivity index (χ3v) is 3.57. The van der Waals surface area contributed by atoms with Crippen molar-refractivity contribution < 1.29 is 28.6 Å². The molecule has 1 unspecified atom stereocenters. The van der Waals surface area contributed by atoms with Crippen molar-refractivity contribution >= 4 is 17.8 Å². The number of carbonyl (C=O) groups excluding carboxylic acids is 3. The van der Waals surface area contributed by atoms with Crippen molar-refractivity contribution in [1.29, 1.82) is 0 Å². The molecule has 10 nitrogen and oxygen atoms in total. The van der Waals surface area contributed by atoms with Gasteiger partial charge in [0.15, 0.2) is 5.69 Å². The molecular weight excluding hydrogens is 322 g/mol. The van der Waals surface area contributed by atoms with Gasteiger partial charge in [0.05, 0.1) is 19.8 Å². The number of nitrogens with one attached hydrogen (secondary N) is 1. The molecule has 0 aliphatic carbocycles. The first kappa shape index (κ1) is 16.0. The van der Waals surface area contributed by atoms with Gasteiger partial charge in [-0.1, -0.05) is 0 Å². The van der Waals surface area contributed by atoms with E-state index in [1.165, 1.54) is 22.7 Å². The predicted octanol–water partition coefficient (Wildman–Crippen LogP) is -1.33. The Labute approximate surface area is 135 Å². The van der Waals surface area contributed by atoms with Crippen LogP contribution in [-0.2, 0) is 19.1 Å². The molecule has 0 bridgehead atoms. The lowest BCUT2D eigenvalue weighted by Gasteiger charge is -2.41. The van der Waals surface area contributed by atoms with Gasteiger partial charge in [-0.05, 0) is 6.92 Å². The maximum Gasteiger partial charge on any atom is 0.423 e. The number of ether oxygens (including phenoxy) is 3. The fraction of sp³-hybridized carbons (Fsp3) is 0.429. The summed E-state index contributed by atoms with van der Waals surface area (Å²) in [4.78, 5) is 49.3. The van der Waals surface area contributed by atoms with E-state index >= 15 is 0 Å². The van der Waals surface area contributed by atoms with Crippen LogP contribution in [0.25, 0.3) is 0 Å². The molecule has 24 heavy (non-hydrogen) atoms. The summed E-state index contributed by atoms with van der Waals surface area (Å²) in [6, 6.07) is 1.12. The average Bonchev–Trinajstić information content (AvgIpc) is 2.58. The summed E-state index contributed by atoms with van der Waals surface area (Å²) < 4.78 is 16.0. The van der Waals surface area contributed by atoms with Crippen LogP contribution in [0.2, 0.25) is 0 Å². The Morgan fingerprint density at radius 3 is 2.92 bits per heavy atom. The number of amides is 1. The standard InChI is InChI=1S/C14H15N3O7/c1-2-23-13(20)14(21)24-11-8(18)3-4-17-10(11)12(19)16-5-6-22-7-9(16)15-17/h3-4,9,15H,2,5-7H2,1H3. The minimum absolute atomic E-state index is 0.0181. The number of aromatic nitrogens is 1. The lowest BCUT2D eigenvalue weighted by molar-refractivity contribution is -0.161. The van der Waals surface area contributed by atoms with E-state index in [4.69, 9.17) is 9.47 Å². The van der Waals surface area contributed by atoms with Crippen LogP contribution in [0.1, 0.15) is 17.4 Å². The second kappa shape index (κ2) is 6.32. The molecule has 128 valence electrons. The van der Waals surface area contributed by atoms with Crippen LogP contribution in [0.15, 0.2) is 17.1 Å². The maximum atomic E-state index is 12.7. The normalized spacial score (nSPS) is 19.0. The van der Waals surface area contributed by atoms with Gasteiger partial charge in [-0.3, -0.25) is 14.3 Å². The molecule has 1 aromatic heterocycles. The van der Waals surface area contributed by atoms with Crippen molar-refractivity contribution in [3.8, 4) is 5.75 Å². The van der Waals surface area contributed by atoms with Crippen LogP contribution in [0, 0.1) is 0 Å². The summed E-state index contributed by atoms with van der Waals surface area (Å²) in [5, 5.41) is 0. The van der Waals surface area contributed by atoms with E-state index < -0.39 is 35.2 Å². The minimum Gasteiger partial charge on any atom is -0.458 e. The Morgan fingerprint density at radius 1 is 1.38 bits per heavy atom. The van der Waals surface area contributed by atoms with E-state index in [1.54, 1.807) is 0 Å². The number of hydrogen-bond donors (Lipinski definition) is 1. The van der Waals surface area contributed by atoms with Crippen molar-refractivity contribution in [2.75, 3.05) is 31.8 Å². The van der Waals surface area contributed by atoms with Gasteiger partial charge in [0, 0.05) is 18.8 Å². The topological polar surface area (TPSA) is 116 Å². The SMILES string of the molecule is CCOC(=O)C(=O)Oc1c2n(ccc1=O)NC1COCCN1C2=O. The number of hydrogen-bond acceptors (Lipinski definition) is 8. The molecule has 1 amide bonds. The summed E-state index contributed by atoms with van der Waals surface area (Å²) in [5.41, 5.74) is 2.13. The van der Waals surface area contributed by atoms with Crippen molar-refractivity contribution in [3.05, 3.63) is 28.2 Å². The number of fused-ring (bicyclic) bond motifs is 2. The molecule has 0 saturated carbocycles. The van der Waals surface area contributed by atoms with Crippen LogP contribution in [0.3, 0.4) is 0 Å². The zero-order valence-electron chi connectivity index (χ0n) is 12.8. The Kier molecular flexibility index (Phi) is 4.21. The van der Waals surface area contributed by atoms with E-state index in [0.717, 1.165) is 6.07 Å². The number of pyridine rings is 1. The fourth-order valence-electron chi connectivity index (χ4n) is 2.50. The van der Waals surface area contributed by atoms with Gasteiger partial charge in [-0.2, -0.15) is 0 Å². The molecule has 0 spiro atoms. The van der Waals surface area contributed by atoms with Gasteiger partial charge in [0.25, 0.3) is 5.91 Å². The second-order valence-electron chi connectivity index (χ2n) is 5.06. The molecule has 2 aliphatic heterocycles. The molecule has 1 aromatic rings. The number of morpholine rings is 1. The summed E-state index contributed by atoms with van der Waals surface area (Å²) >= 11 is 0. The van der Waals surface area contributed by atoms with Gasteiger partial charge in [0.1, 0.15) is 6.17 Å². The molecular formula is C14H15N3O7. The van der Waals surface area contributed by atoms with Crippen LogP contribution in [-0.4, -0.2) is 60.0 Å². The van der Waals surface area contributed by atoms with Gasteiger partial charge in [-0.15, -0.1) is 0 Å². The van der Waals surface area contributed by atoms with E-state index in [1.807, 2.05) is 0 Å². The van der Waals surface area contributed by atoms with Crippen molar-refractivity contribution in [3.63, 3.8) is 0 Å². The highest BCUT2D eigenvalue weighted by Crippen LogP contribution is 2.22. The van der Waals surface area contributed by atoms with E-state index in [0.29, 0.717) is 13.2 Å². The van der Waals surface area contributed by atoms with Gasteiger partial charge >= 0.3 is 11.9 Å². The molecule has 10 heteroatoms. The summed E-state index contributed by atoms with van der Waals surface area (Å²) in [7, 11) is 0. The lowest BCUT2D eigenvalue weighted by atomic mass is 10.2. The van der Waals surface area contributed by atoms with Crippen molar-refractivity contribution in [2.24, 2.45) is 0 Å². The molecule has 1 N–H and O–H groups in total. The summed E-state index contributed by atoms with van der Waals surface area (Å²) in [6.07, 6.45) is 0.957. The quantitative estimate of drug-likeness (QED) is 0.521. The zero-order chi connectivity index (χ0) is 17.3. The summed E-state index contributed by atoms with van der Waals surface area (Å²) in [6.45, 7) is 2.48. The van der Waals surface area contributed by atoms with Gasteiger partial charge < -0.3 is 24.5 Å². The number of esters is 2. The largest absolute Gasteiger partial charge is 0.458 e. The fourth-order valence-corrected chi connectivity index (χ4v) is 2.50. The molecule has 3 heterocycles.